The smallest absolute Gasteiger partial charge is 0.160 e. The average molecular weight is 567 g/mol. The summed E-state index contributed by atoms with van der Waals surface area (Å²) in [6, 6.07) is 57.5. The molecule has 7 aromatic carbocycles. The molecule has 44 heavy (non-hydrogen) atoms. The van der Waals surface area contributed by atoms with Gasteiger partial charge in [-0.1, -0.05) is 91.0 Å². The van der Waals surface area contributed by atoms with Crippen LogP contribution in [0.15, 0.2) is 168 Å². The predicted molar refractivity (Wildman–Crippen MR) is 185 cm³/mol. The van der Waals surface area contributed by atoms with Gasteiger partial charge in [-0.05, 0) is 84.6 Å². The average Bonchev–Trinajstić information content (AvgIpc) is 3.45. The maximum absolute atomic E-state index is 6.95. The quantitative estimate of drug-likeness (QED) is 0.200. The molecule has 0 saturated heterocycles. The van der Waals surface area contributed by atoms with E-state index in [2.05, 4.69) is 181 Å². The number of benzene rings is 7. The second-order valence-corrected chi connectivity index (χ2v) is 11.1. The standard InChI is InChI=1S/C41H30N2O/c1-29-15-14-24-36-37(29)28-38-35-26-25-34(42(30-16-6-2-7-17-30)31-18-8-3-9-19-31)27-39(35)44-41(38)40(36)43(32-20-10-4-11-21-32)33-22-12-5-13-23-33/h2-28H,1H3. The fourth-order valence-electron chi connectivity index (χ4n) is 6.29. The molecule has 1 heterocycles. The number of rotatable bonds is 6. The van der Waals surface area contributed by atoms with Crippen molar-refractivity contribution in [2.45, 2.75) is 6.92 Å². The van der Waals surface area contributed by atoms with E-state index < -0.39 is 0 Å². The molecule has 0 aliphatic carbocycles. The summed E-state index contributed by atoms with van der Waals surface area (Å²) >= 11 is 0. The van der Waals surface area contributed by atoms with E-state index >= 15 is 0 Å². The van der Waals surface area contributed by atoms with Crippen LogP contribution in [-0.4, -0.2) is 0 Å². The Morgan fingerprint density at radius 2 is 0.909 bits per heavy atom. The van der Waals surface area contributed by atoms with Gasteiger partial charge in [0.15, 0.2) is 5.58 Å². The van der Waals surface area contributed by atoms with Gasteiger partial charge in [0.25, 0.3) is 0 Å². The monoisotopic (exact) mass is 566 g/mol. The van der Waals surface area contributed by atoms with Crippen molar-refractivity contribution < 1.29 is 4.42 Å². The lowest BCUT2D eigenvalue weighted by Gasteiger charge is -2.27. The zero-order valence-electron chi connectivity index (χ0n) is 24.4. The van der Waals surface area contributed by atoms with Crippen molar-refractivity contribution >= 4 is 66.8 Å². The second kappa shape index (κ2) is 10.8. The summed E-state index contributed by atoms with van der Waals surface area (Å²) in [5.41, 5.74) is 9.38. The van der Waals surface area contributed by atoms with Gasteiger partial charge < -0.3 is 14.2 Å². The molecule has 0 radical (unpaired) electrons. The van der Waals surface area contributed by atoms with Gasteiger partial charge in [-0.3, -0.25) is 0 Å². The Labute approximate surface area is 256 Å². The Balaban J connectivity index is 1.42. The van der Waals surface area contributed by atoms with Gasteiger partial charge >= 0.3 is 0 Å². The topological polar surface area (TPSA) is 19.6 Å². The van der Waals surface area contributed by atoms with E-state index in [1.54, 1.807) is 0 Å². The van der Waals surface area contributed by atoms with Crippen LogP contribution in [0, 0.1) is 6.92 Å². The van der Waals surface area contributed by atoms with E-state index in [0.717, 1.165) is 61.4 Å². The molecule has 0 aliphatic rings. The maximum Gasteiger partial charge on any atom is 0.160 e. The Morgan fingerprint density at radius 3 is 1.45 bits per heavy atom. The van der Waals surface area contributed by atoms with Gasteiger partial charge in [0, 0.05) is 50.7 Å². The van der Waals surface area contributed by atoms with Crippen molar-refractivity contribution in [3.63, 3.8) is 0 Å². The molecule has 0 spiro atoms. The second-order valence-electron chi connectivity index (χ2n) is 11.1. The number of para-hydroxylation sites is 4. The van der Waals surface area contributed by atoms with Crippen LogP contribution in [0.25, 0.3) is 32.7 Å². The summed E-state index contributed by atoms with van der Waals surface area (Å²) in [6.07, 6.45) is 0. The van der Waals surface area contributed by atoms with Crippen LogP contribution < -0.4 is 9.80 Å². The summed E-state index contributed by atoms with van der Waals surface area (Å²) in [6.45, 7) is 2.19. The van der Waals surface area contributed by atoms with Crippen molar-refractivity contribution in [1.82, 2.24) is 0 Å². The molecular formula is C41H30N2O. The SMILES string of the molecule is Cc1cccc2c(N(c3ccccc3)c3ccccc3)c3oc4cc(N(c5ccccc5)c5ccccc5)ccc4c3cc12. The molecule has 3 nitrogen and oxygen atoms in total. The molecule has 0 N–H and O–H groups in total. The third kappa shape index (κ3) is 4.38. The molecule has 210 valence electrons. The summed E-state index contributed by atoms with van der Waals surface area (Å²) in [5, 5.41) is 4.57. The number of fused-ring (bicyclic) bond motifs is 4. The third-order valence-electron chi connectivity index (χ3n) is 8.33. The lowest BCUT2D eigenvalue weighted by atomic mass is 9.99. The first-order valence-corrected chi connectivity index (χ1v) is 15.0. The number of anilines is 6. The largest absolute Gasteiger partial charge is 0.454 e. The van der Waals surface area contributed by atoms with Crippen LogP contribution >= 0.6 is 0 Å². The lowest BCUT2D eigenvalue weighted by molar-refractivity contribution is 0.669. The van der Waals surface area contributed by atoms with Crippen LogP contribution in [-0.2, 0) is 0 Å². The highest BCUT2D eigenvalue weighted by Gasteiger charge is 2.24. The maximum atomic E-state index is 6.95. The fraction of sp³-hybridized carbons (Fsp3) is 0.0244. The minimum absolute atomic E-state index is 0.852. The third-order valence-corrected chi connectivity index (χ3v) is 8.33. The Morgan fingerprint density at radius 1 is 0.386 bits per heavy atom. The van der Waals surface area contributed by atoms with Crippen LogP contribution in [0.4, 0.5) is 34.1 Å². The first kappa shape index (κ1) is 25.9. The van der Waals surface area contributed by atoms with Gasteiger partial charge in [0.05, 0.1) is 5.69 Å². The number of hydrogen-bond donors (Lipinski definition) is 0. The zero-order valence-corrected chi connectivity index (χ0v) is 24.4. The predicted octanol–water partition coefficient (Wildman–Crippen LogP) is 12.0. The molecule has 3 heteroatoms. The van der Waals surface area contributed by atoms with Gasteiger partial charge in [-0.2, -0.15) is 0 Å². The number of hydrogen-bond acceptors (Lipinski definition) is 3. The number of aryl methyl sites for hydroxylation is 1. The molecule has 0 amide bonds. The molecule has 0 saturated carbocycles. The molecule has 0 atom stereocenters. The van der Waals surface area contributed by atoms with Crippen LogP contribution in [0.3, 0.4) is 0 Å². The molecule has 0 unspecified atom stereocenters. The van der Waals surface area contributed by atoms with E-state index in [0.29, 0.717) is 0 Å². The highest BCUT2D eigenvalue weighted by molar-refractivity contribution is 6.20. The molecular weight excluding hydrogens is 536 g/mol. The zero-order chi connectivity index (χ0) is 29.5. The van der Waals surface area contributed by atoms with Crippen molar-refractivity contribution in [2.75, 3.05) is 9.80 Å². The minimum atomic E-state index is 0.852. The summed E-state index contributed by atoms with van der Waals surface area (Å²) in [4.78, 5) is 4.60. The normalized spacial score (nSPS) is 11.3. The molecule has 1 aromatic heterocycles. The number of furan rings is 1. The Kier molecular flexibility index (Phi) is 6.35. The van der Waals surface area contributed by atoms with Gasteiger partial charge in [-0.25, -0.2) is 0 Å². The summed E-state index contributed by atoms with van der Waals surface area (Å²) in [5.74, 6) is 0. The highest BCUT2D eigenvalue weighted by atomic mass is 16.3. The van der Waals surface area contributed by atoms with Crippen LogP contribution in [0.2, 0.25) is 0 Å². The molecule has 0 bridgehead atoms. The number of nitrogens with zero attached hydrogens (tertiary/aromatic N) is 2. The van der Waals surface area contributed by atoms with Crippen molar-refractivity contribution in [1.29, 1.82) is 0 Å². The molecule has 8 aromatic rings. The van der Waals surface area contributed by atoms with Gasteiger partial charge in [0.2, 0.25) is 0 Å². The Bertz CT molecular complexity index is 2150. The minimum Gasteiger partial charge on any atom is -0.454 e. The fourth-order valence-corrected chi connectivity index (χ4v) is 6.29. The van der Waals surface area contributed by atoms with E-state index in [1.165, 1.54) is 10.9 Å². The Hall–Kier alpha value is -5.80. The van der Waals surface area contributed by atoms with Crippen LogP contribution in [0.5, 0.6) is 0 Å². The van der Waals surface area contributed by atoms with Crippen LogP contribution in [0.1, 0.15) is 5.56 Å². The van der Waals surface area contributed by atoms with Crippen molar-refractivity contribution in [3.8, 4) is 0 Å². The lowest BCUT2D eigenvalue weighted by Crippen LogP contribution is -2.10. The first-order valence-electron chi connectivity index (χ1n) is 15.0. The van der Waals surface area contributed by atoms with Gasteiger partial charge in [0.1, 0.15) is 5.58 Å². The summed E-state index contributed by atoms with van der Waals surface area (Å²) in [7, 11) is 0. The van der Waals surface area contributed by atoms with Crippen molar-refractivity contribution in [2.24, 2.45) is 0 Å². The van der Waals surface area contributed by atoms with E-state index in [1.807, 2.05) is 0 Å². The van der Waals surface area contributed by atoms with E-state index in [4.69, 9.17) is 4.42 Å². The highest BCUT2D eigenvalue weighted by Crippen LogP contribution is 2.47. The van der Waals surface area contributed by atoms with Gasteiger partial charge in [-0.15, -0.1) is 0 Å². The van der Waals surface area contributed by atoms with E-state index in [9.17, 15) is 0 Å². The molecule has 8 rings (SSSR count). The van der Waals surface area contributed by atoms with E-state index in [-0.39, 0.29) is 0 Å². The summed E-state index contributed by atoms with van der Waals surface area (Å²) < 4.78 is 6.95. The van der Waals surface area contributed by atoms with Crippen molar-refractivity contribution in [3.05, 3.63) is 169 Å². The molecule has 0 aliphatic heterocycles. The first-order chi connectivity index (χ1) is 21.8. The molecule has 0 fully saturated rings.